The Hall–Kier alpha value is -2.48. The number of aromatic nitrogens is 1. The molecular weight excluding hydrogens is 383 g/mol. The molecule has 2 aromatic rings. The zero-order valence-corrected chi connectivity index (χ0v) is 16.5. The van der Waals surface area contributed by atoms with Crippen molar-refractivity contribution < 1.29 is 22.3 Å². The highest BCUT2D eigenvalue weighted by Crippen LogP contribution is 2.52. The summed E-state index contributed by atoms with van der Waals surface area (Å²) < 4.78 is 46.1. The zero-order valence-electron chi connectivity index (χ0n) is 15.7. The van der Waals surface area contributed by atoms with Gasteiger partial charge in [0.15, 0.2) is 10.6 Å². The number of benzene rings is 1. The Morgan fingerprint density at radius 3 is 2.50 bits per heavy atom. The predicted octanol–water partition coefficient (Wildman–Crippen LogP) is 3.00. The second kappa shape index (κ2) is 6.27. The van der Waals surface area contributed by atoms with E-state index in [2.05, 4.69) is 11.9 Å². The van der Waals surface area contributed by atoms with Crippen LogP contribution in [0.4, 0.5) is 4.39 Å². The molecule has 148 valence electrons. The van der Waals surface area contributed by atoms with Gasteiger partial charge in [0.25, 0.3) is 15.9 Å². The molecule has 0 saturated heterocycles. The number of hydrogen-bond acceptors (Lipinski definition) is 5. The van der Waals surface area contributed by atoms with E-state index in [9.17, 15) is 17.6 Å². The SMILES string of the molecule is Cc1ccc(C2(C)CC2)c(OC2(C(=O)NS(=O)(=O)c3cccc(F)n3)CC2)c1. The normalized spacial score (nSPS) is 19.0. The van der Waals surface area contributed by atoms with E-state index in [0.29, 0.717) is 18.6 Å². The smallest absolute Gasteiger partial charge is 0.281 e. The van der Waals surface area contributed by atoms with E-state index in [1.807, 2.05) is 29.8 Å². The Bertz CT molecular complexity index is 1060. The van der Waals surface area contributed by atoms with E-state index in [1.54, 1.807) is 0 Å². The van der Waals surface area contributed by atoms with Crippen molar-refractivity contribution in [1.29, 1.82) is 0 Å². The number of halogens is 1. The lowest BCUT2D eigenvalue weighted by molar-refractivity contribution is -0.128. The minimum atomic E-state index is -4.28. The van der Waals surface area contributed by atoms with Gasteiger partial charge in [0.1, 0.15) is 5.75 Å². The van der Waals surface area contributed by atoms with Gasteiger partial charge < -0.3 is 4.74 Å². The van der Waals surface area contributed by atoms with Crippen LogP contribution in [0.25, 0.3) is 0 Å². The third-order valence-corrected chi connectivity index (χ3v) is 6.63. The van der Waals surface area contributed by atoms with E-state index in [1.165, 1.54) is 6.07 Å². The molecule has 28 heavy (non-hydrogen) atoms. The maximum absolute atomic E-state index is 13.3. The minimum absolute atomic E-state index is 0.0349. The predicted molar refractivity (Wildman–Crippen MR) is 99.9 cm³/mol. The molecule has 0 spiro atoms. The summed E-state index contributed by atoms with van der Waals surface area (Å²) in [5.41, 5.74) is 0.837. The Morgan fingerprint density at radius 2 is 1.89 bits per heavy atom. The lowest BCUT2D eigenvalue weighted by atomic mass is 9.96. The number of hydrogen-bond donors (Lipinski definition) is 1. The molecule has 0 bridgehead atoms. The van der Waals surface area contributed by atoms with Gasteiger partial charge in [-0.15, -0.1) is 0 Å². The zero-order chi connectivity index (χ0) is 20.2. The third-order valence-electron chi connectivity index (χ3n) is 5.40. The molecule has 1 amide bonds. The largest absolute Gasteiger partial charge is 0.477 e. The fourth-order valence-corrected chi connectivity index (χ4v) is 4.18. The molecule has 2 aliphatic carbocycles. The Labute approximate surface area is 163 Å². The van der Waals surface area contributed by atoms with Crippen LogP contribution in [0.15, 0.2) is 41.4 Å². The summed E-state index contributed by atoms with van der Waals surface area (Å²) in [4.78, 5) is 16.1. The Morgan fingerprint density at radius 1 is 1.18 bits per heavy atom. The van der Waals surface area contributed by atoms with Gasteiger partial charge in [0, 0.05) is 18.4 Å². The van der Waals surface area contributed by atoms with Crippen molar-refractivity contribution in [3.8, 4) is 5.75 Å². The minimum Gasteiger partial charge on any atom is -0.477 e. The number of pyridine rings is 1. The van der Waals surface area contributed by atoms with Crippen LogP contribution in [0, 0.1) is 12.9 Å². The van der Waals surface area contributed by atoms with Crippen molar-refractivity contribution in [2.75, 3.05) is 0 Å². The Kier molecular flexibility index (Phi) is 4.22. The van der Waals surface area contributed by atoms with E-state index in [0.717, 1.165) is 36.1 Å². The lowest BCUT2D eigenvalue weighted by Gasteiger charge is -2.22. The summed E-state index contributed by atoms with van der Waals surface area (Å²) in [7, 11) is -4.28. The van der Waals surface area contributed by atoms with E-state index < -0.39 is 32.5 Å². The summed E-state index contributed by atoms with van der Waals surface area (Å²) in [6.45, 7) is 4.08. The number of nitrogens with one attached hydrogen (secondary N) is 1. The third kappa shape index (κ3) is 3.48. The number of amides is 1. The number of aryl methyl sites for hydroxylation is 1. The van der Waals surface area contributed by atoms with Crippen molar-refractivity contribution in [1.82, 2.24) is 9.71 Å². The molecule has 0 unspecified atom stereocenters. The van der Waals surface area contributed by atoms with Crippen molar-refractivity contribution in [3.05, 3.63) is 53.5 Å². The number of rotatable bonds is 6. The monoisotopic (exact) mass is 404 g/mol. The number of carbonyl (C=O) groups excluding carboxylic acids is 1. The maximum Gasteiger partial charge on any atom is 0.281 e. The topological polar surface area (TPSA) is 85.4 Å². The number of sulfonamides is 1. The second-order valence-corrected chi connectivity index (χ2v) is 9.52. The molecule has 2 aliphatic rings. The summed E-state index contributed by atoms with van der Waals surface area (Å²) in [5.74, 6) is -1.07. The number of ether oxygens (including phenoxy) is 1. The van der Waals surface area contributed by atoms with Crippen LogP contribution in [0.1, 0.15) is 43.7 Å². The standard InChI is InChI=1S/C20H21FN2O4S/c1-13-6-7-14(19(2)8-9-19)15(12-13)27-20(10-11-20)18(24)23-28(25,26)17-5-3-4-16(21)22-17/h3-7,12H,8-11H2,1-2H3,(H,23,24). The fourth-order valence-electron chi connectivity index (χ4n) is 3.18. The first kappa shape index (κ1) is 18.9. The first-order valence-electron chi connectivity index (χ1n) is 9.14. The molecule has 0 atom stereocenters. The molecule has 1 heterocycles. The van der Waals surface area contributed by atoms with Gasteiger partial charge in [-0.1, -0.05) is 25.1 Å². The Balaban J connectivity index is 1.57. The first-order valence-corrected chi connectivity index (χ1v) is 10.6. The summed E-state index contributed by atoms with van der Waals surface area (Å²) in [6.07, 6.45) is 2.92. The van der Waals surface area contributed by atoms with Gasteiger partial charge in [0.2, 0.25) is 5.95 Å². The van der Waals surface area contributed by atoms with Gasteiger partial charge in [-0.2, -0.15) is 12.8 Å². The molecule has 1 aromatic carbocycles. The second-order valence-electron chi connectivity index (χ2n) is 7.89. The van der Waals surface area contributed by atoms with Crippen LogP contribution < -0.4 is 9.46 Å². The van der Waals surface area contributed by atoms with Crippen molar-refractivity contribution in [3.63, 3.8) is 0 Å². The maximum atomic E-state index is 13.3. The molecule has 0 radical (unpaired) electrons. The quantitative estimate of drug-likeness (QED) is 0.748. The average molecular weight is 404 g/mol. The van der Waals surface area contributed by atoms with E-state index in [4.69, 9.17) is 4.74 Å². The summed E-state index contributed by atoms with van der Waals surface area (Å²) >= 11 is 0. The molecule has 2 fully saturated rings. The molecule has 1 N–H and O–H groups in total. The van der Waals surface area contributed by atoms with Gasteiger partial charge in [-0.3, -0.25) is 4.79 Å². The highest BCUT2D eigenvalue weighted by molar-refractivity contribution is 7.90. The lowest BCUT2D eigenvalue weighted by Crippen LogP contribution is -2.43. The van der Waals surface area contributed by atoms with Crippen molar-refractivity contribution >= 4 is 15.9 Å². The molecule has 8 heteroatoms. The molecule has 4 rings (SSSR count). The van der Waals surface area contributed by atoms with Gasteiger partial charge in [0.05, 0.1) is 0 Å². The fraction of sp³-hybridized carbons (Fsp3) is 0.400. The van der Waals surface area contributed by atoms with Crippen LogP contribution in [-0.4, -0.2) is 24.9 Å². The van der Waals surface area contributed by atoms with E-state index >= 15 is 0 Å². The van der Waals surface area contributed by atoms with Crippen molar-refractivity contribution in [2.45, 2.75) is 55.6 Å². The number of nitrogens with zero attached hydrogens (tertiary/aromatic N) is 1. The highest BCUT2D eigenvalue weighted by Gasteiger charge is 2.55. The van der Waals surface area contributed by atoms with Crippen LogP contribution in [0.2, 0.25) is 0 Å². The molecule has 1 aromatic heterocycles. The van der Waals surface area contributed by atoms with Gasteiger partial charge in [-0.25, -0.2) is 9.71 Å². The van der Waals surface area contributed by atoms with E-state index in [-0.39, 0.29) is 5.41 Å². The summed E-state index contributed by atoms with van der Waals surface area (Å²) in [6, 6.07) is 9.29. The van der Waals surface area contributed by atoms with Gasteiger partial charge in [-0.05, 0) is 48.9 Å². The summed E-state index contributed by atoms with van der Waals surface area (Å²) in [5, 5.41) is -0.543. The molecule has 2 saturated carbocycles. The van der Waals surface area contributed by atoms with Crippen LogP contribution in [-0.2, 0) is 20.2 Å². The van der Waals surface area contributed by atoms with Crippen molar-refractivity contribution in [2.24, 2.45) is 0 Å². The van der Waals surface area contributed by atoms with Gasteiger partial charge >= 0.3 is 0 Å². The van der Waals surface area contributed by atoms with Crippen LogP contribution in [0.3, 0.4) is 0 Å². The highest BCUT2D eigenvalue weighted by atomic mass is 32.2. The number of carbonyl (C=O) groups is 1. The van der Waals surface area contributed by atoms with Crippen LogP contribution >= 0.6 is 0 Å². The molecular formula is C20H21FN2O4S. The first-order chi connectivity index (χ1) is 13.1. The molecule has 0 aliphatic heterocycles. The van der Waals surface area contributed by atoms with Crippen LogP contribution in [0.5, 0.6) is 5.75 Å². The molecule has 6 nitrogen and oxygen atoms in total. The average Bonchev–Trinajstić information content (AvgIpc) is 3.53.